The summed E-state index contributed by atoms with van der Waals surface area (Å²) in [4.78, 5) is 11.8. The smallest absolute Gasteiger partial charge is 0.326 e. The van der Waals surface area contributed by atoms with E-state index in [9.17, 15) is 17.6 Å². The number of rotatable bonds is 9. The van der Waals surface area contributed by atoms with Crippen molar-refractivity contribution in [2.24, 2.45) is 0 Å². The van der Waals surface area contributed by atoms with Crippen LogP contribution >= 0.6 is 0 Å². The fourth-order valence-corrected chi connectivity index (χ4v) is 3.97. The number of halogens is 1. The maximum Gasteiger partial charge on any atom is 0.326 e. The molecule has 0 fully saturated rings. The van der Waals surface area contributed by atoms with Crippen LogP contribution in [0.5, 0.6) is 17.2 Å². The molecule has 0 radical (unpaired) electrons. The molecule has 2 aromatic rings. The Bertz CT molecular complexity index is 979. The van der Waals surface area contributed by atoms with Crippen molar-refractivity contribution < 1.29 is 36.6 Å². The lowest BCUT2D eigenvalue weighted by molar-refractivity contribution is -0.141. The number of carbonyl (C=O) groups is 1. The number of methoxy groups -OCH3 is 3. The molecule has 2 aromatic carbocycles. The van der Waals surface area contributed by atoms with Crippen molar-refractivity contribution in [1.29, 1.82) is 0 Å². The van der Waals surface area contributed by atoms with E-state index in [0.29, 0.717) is 5.75 Å². The summed E-state index contributed by atoms with van der Waals surface area (Å²) in [6.45, 7) is 1.02. The van der Waals surface area contributed by atoms with E-state index in [0.717, 1.165) is 10.4 Å². The van der Waals surface area contributed by atoms with Gasteiger partial charge in [0, 0.05) is 6.07 Å². The standard InChI is InChI=1S/C19H22FNO7S/c1-5-28-19(22)12-21(16-10-13(25-2)6-8-18(16)27-4)29(23,24)14-7-9-17(26-3)15(20)11-14/h6-11H,5,12H2,1-4H3. The molecule has 0 aromatic heterocycles. The molecule has 0 bridgehead atoms. The van der Waals surface area contributed by atoms with Gasteiger partial charge in [-0.15, -0.1) is 0 Å². The molecule has 0 aliphatic heterocycles. The van der Waals surface area contributed by atoms with Crippen molar-refractivity contribution >= 4 is 21.7 Å². The van der Waals surface area contributed by atoms with Crippen LogP contribution in [-0.2, 0) is 19.6 Å². The number of benzene rings is 2. The first-order valence-electron chi connectivity index (χ1n) is 8.52. The Labute approximate surface area is 168 Å². The Hall–Kier alpha value is -3.01. The van der Waals surface area contributed by atoms with E-state index >= 15 is 0 Å². The number of carbonyl (C=O) groups excluding carboxylic acids is 1. The normalized spacial score (nSPS) is 10.9. The van der Waals surface area contributed by atoms with E-state index in [-0.39, 0.29) is 28.7 Å². The molecular weight excluding hydrogens is 405 g/mol. The fourth-order valence-electron chi connectivity index (χ4n) is 2.55. The molecular formula is C19H22FNO7S. The molecule has 10 heteroatoms. The average molecular weight is 427 g/mol. The van der Waals surface area contributed by atoms with Crippen LogP contribution in [0, 0.1) is 5.82 Å². The van der Waals surface area contributed by atoms with Crippen molar-refractivity contribution in [3.05, 3.63) is 42.2 Å². The largest absolute Gasteiger partial charge is 0.497 e. The van der Waals surface area contributed by atoms with Gasteiger partial charge in [0.1, 0.15) is 18.0 Å². The second-order valence-corrected chi connectivity index (χ2v) is 7.51. The topological polar surface area (TPSA) is 91.4 Å². The number of sulfonamides is 1. The molecule has 0 aliphatic rings. The third-order valence-electron chi connectivity index (χ3n) is 3.94. The summed E-state index contributed by atoms with van der Waals surface area (Å²) < 4.78 is 61.7. The Morgan fingerprint density at radius 2 is 1.66 bits per heavy atom. The van der Waals surface area contributed by atoms with Crippen LogP contribution in [-0.4, -0.2) is 48.9 Å². The summed E-state index contributed by atoms with van der Waals surface area (Å²) in [6.07, 6.45) is 0. The van der Waals surface area contributed by atoms with Gasteiger partial charge in [0.25, 0.3) is 10.0 Å². The number of anilines is 1. The van der Waals surface area contributed by atoms with Crippen molar-refractivity contribution in [3.8, 4) is 17.2 Å². The lowest BCUT2D eigenvalue weighted by Crippen LogP contribution is -2.37. The monoisotopic (exact) mass is 427 g/mol. The summed E-state index contributed by atoms with van der Waals surface area (Å²) in [5, 5.41) is 0. The Morgan fingerprint density at radius 3 is 2.21 bits per heavy atom. The quantitative estimate of drug-likeness (QED) is 0.568. The van der Waals surface area contributed by atoms with Crippen LogP contribution in [0.2, 0.25) is 0 Å². The van der Waals surface area contributed by atoms with Crippen molar-refractivity contribution in [2.45, 2.75) is 11.8 Å². The van der Waals surface area contributed by atoms with Gasteiger partial charge < -0.3 is 18.9 Å². The predicted molar refractivity (Wildman–Crippen MR) is 104 cm³/mol. The van der Waals surface area contributed by atoms with Gasteiger partial charge >= 0.3 is 5.97 Å². The van der Waals surface area contributed by atoms with Crippen LogP contribution in [0.1, 0.15) is 6.92 Å². The molecule has 0 amide bonds. The number of nitrogens with zero attached hydrogens (tertiary/aromatic N) is 1. The van der Waals surface area contributed by atoms with Gasteiger partial charge in [-0.1, -0.05) is 0 Å². The maximum atomic E-state index is 14.1. The average Bonchev–Trinajstić information content (AvgIpc) is 2.71. The molecule has 0 saturated carbocycles. The molecule has 2 rings (SSSR count). The van der Waals surface area contributed by atoms with Gasteiger partial charge in [-0.25, -0.2) is 12.8 Å². The second kappa shape index (κ2) is 9.46. The van der Waals surface area contributed by atoms with E-state index in [4.69, 9.17) is 18.9 Å². The predicted octanol–water partition coefficient (Wildman–Crippen LogP) is 2.61. The van der Waals surface area contributed by atoms with Gasteiger partial charge in [0.05, 0.1) is 38.5 Å². The van der Waals surface area contributed by atoms with E-state index in [1.165, 1.54) is 45.6 Å². The van der Waals surface area contributed by atoms with Crippen molar-refractivity contribution in [3.63, 3.8) is 0 Å². The molecule has 0 N–H and O–H groups in total. The highest BCUT2D eigenvalue weighted by atomic mass is 32.2. The molecule has 0 aliphatic carbocycles. The minimum Gasteiger partial charge on any atom is -0.497 e. The molecule has 0 unspecified atom stereocenters. The Kier molecular flexibility index (Phi) is 7.27. The van der Waals surface area contributed by atoms with Gasteiger partial charge in [0.2, 0.25) is 0 Å². The Balaban J connectivity index is 2.64. The van der Waals surface area contributed by atoms with Crippen LogP contribution in [0.4, 0.5) is 10.1 Å². The first-order valence-corrected chi connectivity index (χ1v) is 9.96. The van der Waals surface area contributed by atoms with Crippen LogP contribution in [0.3, 0.4) is 0 Å². The van der Waals surface area contributed by atoms with Gasteiger partial charge in [-0.3, -0.25) is 9.10 Å². The minimum absolute atomic E-state index is 0.0381. The van der Waals surface area contributed by atoms with E-state index in [1.54, 1.807) is 13.0 Å². The summed E-state index contributed by atoms with van der Waals surface area (Å²) in [7, 11) is -0.341. The molecule has 29 heavy (non-hydrogen) atoms. The number of hydrogen-bond donors (Lipinski definition) is 0. The number of hydrogen-bond acceptors (Lipinski definition) is 7. The lowest BCUT2D eigenvalue weighted by atomic mass is 10.2. The van der Waals surface area contributed by atoms with Crippen LogP contribution in [0.25, 0.3) is 0 Å². The second-order valence-electron chi connectivity index (χ2n) is 5.65. The zero-order valence-electron chi connectivity index (χ0n) is 16.5. The fraction of sp³-hybridized carbons (Fsp3) is 0.316. The molecule has 0 spiro atoms. The number of esters is 1. The summed E-state index contributed by atoms with van der Waals surface area (Å²) in [5.74, 6) is -1.24. The van der Waals surface area contributed by atoms with Crippen molar-refractivity contribution in [1.82, 2.24) is 0 Å². The third kappa shape index (κ3) is 4.89. The van der Waals surface area contributed by atoms with Crippen molar-refractivity contribution in [2.75, 3.05) is 38.8 Å². The zero-order chi connectivity index (χ0) is 21.6. The molecule has 0 saturated heterocycles. The first-order chi connectivity index (χ1) is 13.8. The van der Waals surface area contributed by atoms with Gasteiger partial charge in [-0.2, -0.15) is 0 Å². The third-order valence-corrected chi connectivity index (χ3v) is 5.70. The highest BCUT2D eigenvalue weighted by molar-refractivity contribution is 7.92. The van der Waals surface area contributed by atoms with E-state index in [1.807, 2.05) is 0 Å². The Morgan fingerprint density at radius 1 is 1.00 bits per heavy atom. The lowest BCUT2D eigenvalue weighted by Gasteiger charge is -2.25. The molecule has 158 valence electrons. The van der Waals surface area contributed by atoms with Crippen LogP contribution in [0.15, 0.2) is 41.3 Å². The first kappa shape index (κ1) is 22.3. The molecule has 0 atom stereocenters. The van der Waals surface area contributed by atoms with Crippen LogP contribution < -0.4 is 18.5 Å². The molecule has 0 heterocycles. The van der Waals surface area contributed by atoms with Gasteiger partial charge in [0.15, 0.2) is 11.6 Å². The summed E-state index contributed by atoms with van der Waals surface area (Å²) >= 11 is 0. The molecule has 8 nitrogen and oxygen atoms in total. The van der Waals surface area contributed by atoms with E-state index < -0.39 is 28.4 Å². The SMILES string of the molecule is CCOC(=O)CN(c1cc(OC)ccc1OC)S(=O)(=O)c1ccc(OC)c(F)c1. The number of ether oxygens (including phenoxy) is 4. The highest BCUT2D eigenvalue weighted by Crippen LogP contribution is 2.36. The van der Waals surface area contributed by atoms with E-state index in [2.05, 4.69) is 0 Å². The zero-order valence-corrected chi connectivity index (χ0v) is 17.3. The summed E-state index contributed by atoms with van der Waals surface area (Å²) in [6, 6.07) is 7.66. The summed E-state index contributed by atoms with van der Waals surface area (Å²) in [5.41, 5.74) is 0.0381. The minimum atomic E-state index is -4.37. The highest BCUT2D eigenvalue weighted by Gasteiger charge is 2.31. The maximum absolute atomic E-state index is 14.1. The van der Waals surface area contributed by atoms with Gasteiger partial charge in [-0.05, 0) is 37.3 Å².